The summed E-state index contributed by atoms with van der Waals surface area (Å²) < 4.78 is 13.4. The van der Waals surface area contributed by atoms with E-state index in [4.69, 9.17) is 14.6 Å². The van der Waals surface area contributed by atoms with Crippen molar-refractivity contribution in [2.45, 2.75) is 33.0 Å². The third-order valence-electron chi connectivity index (χ3n) is 6.15. The molecule has 37 heavy (non-hydrogen) atoms. The van der Waals surface area contributed by atoms with Gasteiger partial charge in [0.15, 0.2) is 5.17 Å². The molecule has 1 amide bonds. The predicted molar refractivity (Wildman–Crippen MR) is 149 cm³/mol. The summed E-state index contributed by atoms with van der Waals surface area (Å²) in [4.78, 5) is 20.0. The van der Waals surface area contributed by atoms with E-state index in [1.165, 1.54) is 11.8 Å². The Bertz CT molecular complexity index is 1370. The zero-order valence-corrected chi connectivity index (χ0v) is 22.1. The second kappa shape index (κ2) is 10.8. The number of rotatable bonds is 6. The van der Waals surface area contributed by atoms with Crippen LogP contribution >= 0.6 is 11.8 Å². The first kappa shape index (κ1) is 25.0. The van der Waals surface area contributed by atoms with Gasteiger partial charge in [0.25, 0.3) is 5.91 Å². The van der Waals surface area contributed by atoms with Crippen LogP contribution in [0.5, 0.6) is 5.75 Å². The molecule has 3 aromatic rings. The number of hydrogen-bond donors (Lipinski definition) is 0. The lowest BCUT2D eigenvalue weighted by atomic mass is 10.0. The Labute approximate surface area is 221 Å². The number of para-hydroxylation sites is 1. The van der Waals surface area contributed by atoms with Gasteiger partial charge in [0.1, 0.15) is 18.1 Å². The summed E-state index contributed by atoms with van der Waals surface area (Å²) >= 11 is 1.41. The maximum Gasteiger partial charge on any atom is 0.286 e. The molecule has 1 aromatic heterocycles. The molecule has 3 heterocycles. The SMILES string of the molecule is C=CCOc1ccc(-c2nn(-c3ccccc3)cc2/C=C2\SC(N3C[C@H](C)O[C@@H](C)C3)=NC2=O)cc1C. The second-order valence-electron chi connectivity index (χ2n) is 9.27. The minimum atomic E-state index is -0.227. The van der Waals surface area contributed by atoms with Gasteiger partial charge in [-0.05, 0) is 74.5 Å². The van der Waals surface area contributed by atoms with Crippen molar-refractivity contribution in [2.24, 2.45) is 4.99 Å². The van der Waals surface area contributed by atoms with Crippen molar-refractivity contribution >= 4 is 28.9 Å². The summed E-state index contributed by atoms with van der Waals surface area (Å²) in [5.74, 6) is 0.578. The molecule has 0 bridgehead atoms. The van der Waals surface area contributed by atoms with Crippen LogP contribution in [0.1, 0.15) is 25.0 Å². The van der Waals surface area contributed by atoms with Crippen molar-refractivity contribution < 1.29 is 14.3 Å². The summed E-state index contributed by atoms with van der Waals surface area (Å²) in [6.45, 7) is 11.7. The maximum atomic E-state index is 12.9. The van der Waals surface area contributed by atoms with Gasteiger partial charge in [-0.2, -0.15) is 10.1 Å². The number of aromatic nitrogens is 2. The standard InChI is InChI=1S/C29H30N4O3S/c1-5-13-35-25-12-11-22(14-19(25)2)27-23(18-33(31-27)24-9-7-6-8-10-24)15-26-28(34)30-29(37-26)32-16-20(3)36-21(4)17-32/h5-12,14-15,18,20-21H,1,13,16-17H2,2-4H3/b26-15-/t20-,21-/m0/s1. The van der Waals surface area contributed by atoms with Crippen LogP contribution in [0.15, 0.2) is 77.3 Å². The predicted octanol–water partition coefficient (Wildman–Crippen LogP) is 5.49. The fourth-order valence-electron chi connectivity index (χ4n) is 4.55. The lowest BCUT2D eigenvalue weighted by Crippen LogP contribution is -2.47. The van der Waals surface area contributed by atoms with Crippen LogP contribution in [-0.4, -0.2) is 57.7 Å². The molecule has 2 aliphatic rings. The molecule has 0 aliphatic carbocycles. The number of nitrogens with zero attached hydrogens (tertiary/aromatic N) is 4. The average Bonchev–Trinajstić information content (AvgIpc) is 3.47. The van der Waals surface area contributed by atoms with Gasteiger partial charge in [-0.1, -0.05) is 30.9 Å². The highest BCUT2D eigenvalue weighted by molar-refractivity contribution is 8.18. The number of hydrogen-bond acceptors (Lipinski definition) is 6. The Kier molecular flexibility index (Phi) is 7.30. The third kappa shape index (κ3) is 5.55. The Morgan fingerprint density at radius 1 is 1.16 bits per heavy atom. The van der Waals surface area contributed by atoms with Gasteiger partial charge < -0.3 is 14.4 Å². The summed E-state index contributed by atoms with van der Waals surface area (Å²) in [5.41, 5.74) is 4.51. The molecule has 0 saturated carbocycles. The number of carbonyl (C=O) groups is 1. The van der Waals surface area contributed by atoms with Crippen molar-refractivity contribution in [1.29, 1.82) is 0 Å². The van der Waals surface area contributed by atoms with E-state index in [2.05, 4.69) is 22.5 Å². The van der Waals surface area contributed by atoms with E-state index in [9.17, 15) is 4.79 Å². The first-order valence-electron chi connectivity index (χ1n) is 12.3. The highest BCUT2D eigenvalue weighted by Crippen LogP contribution is 2.35. The molecule has 0 spiro atoms. The van der Waals surface area contributed by atoms with E-state index in [1.807, 2.05) is 80.2 Å². The third-order valence-corrected chi connectivity index (χ3v) is 7.20. The van der Waals surface area contributed by atoms with Gasteiger partial charge in [-0.25, -0.2) is 4.68 Å². The van der Waals surface area contributed by atoms with E-state index in [1.54, 1.807) is 6.08 Å². The topological polar surface area (TPSA) is 68.9 Å². The zero-order chi connectivity index (χ0) is 25.9. The van der Waals surface area contributed by atoms with E-state index < -0.39 is 0 Å². The number of amides is 1. The minimum absolute atomic E-state index is 0.0903. The van der Waals surface area contributed by atoms with Gasteiger partial charge in [0.05, 0.1) is 22.8 Å². The van der Waals surface area contributed by atoms with Crippen LogP contribution < -0.4 is 4.74 Å². The molecule has 2 aromatic carbocycles. The summed E-state index contributed by atoms with van der Waals surface area (Å²) in [7, 11) is 0. The lowest BCUT2D eigenvalue weighted by molar-refractivity contribution is -0.113. The Morgan fingerprint density at radius 2 is 1.92 bits per heavy atom. The van der Waals surface area contributed by atoms with Crippen LogP contribution in [-0.2, 0) is 9.53 Å². The van der Waals surface area contributed by atoms with Crippen molar-refractivity contribution in [3.05, 3.63) is 83.4 Å². The molecule has 2 aliphatic heterocycles. The molecule has 0 radical (unpaired) electrons. The van der Waals surface area contributed by atoms with Crippen LogP contribution in [0.2, 0.25) is 0 Å². The molecule has 0 unspecified atom stereocenters. The van der Waals surface area contributed by atoms with E-state index >= 15 is 0 Å². The molecule has 190 valence electrons. The van der Waals surface area contributed by atoms with Gasteiger partial charge in [-0.3, -0.25) is 4.79 Å². The molecule has 1 fully saturated rings. The monoisotopic (exact) mass is 514 g/mol. The number of ether oxygens (including phenoxy) is 2. The number of carbonyl (C=O) groups excluding carboxylic acids is 1. The highest BCUT2D eigenvalue weighted by atomic mass is 32.2. The first-order chi connectivity index (χ1) is 17.9. The highest BCUT2D eigenvalue weighted by Gasteiger charge is 2.31. The minimum Gasteiger partial charge on any atom is -0.489 e. The van der Waals surface area contributed by atoms with E-state index in [0.29, 0.717) is 24.6 Å². The smallest absolute Gasteiger partial charge is 0.286 e. The number of thioether (sulfide) groups is 1. The Balaban J connectivity index is 1.49. The lowest BCUT2D eigenvalue weighted by Gasteiger charge is -2.35. The number of morpholine rings is 1. The Hall–Kier alpha value is -3.62. The van der Waals surface area contributed by atoms with Gasteiger partial charge in [-0.15, -0.1) is 0 Å². The number of benzene rings is 2. The van der Waals surface area contributed by atoms with Gasteiger partial charge in [0, 0.05) is 30.4 Å². The maximum absolute atomic E-state index is 12.9. The molecule has 5 rings (SSSR count). The van der Waals surface area contributed by atoms with Crippen molar-refractivity contribution in [1.82, 2.24) is 14.7 Å². The molecule has 0 N–H and O–H groups in total. The largest absolute Gasteiger partial charge is 0.489 e. The van der Waals surface area contributed by atoms with Gasteiger partial charge >= 0.3 is 0 Å². The van der Waals surface area contributed by atoms with Crippen LogP contribution in [0, 0.1) is 6.92 Å². The zero-order valence-electron chi connectivity index (χ0n) is 21.3. The second-order valence-corrected chi connectivity index (χ2v) is 10.3. The average molecular weight is 515 g/mol. The quantitative estimate of drug-likeness (QED) is 0.320. The van der Waals surface area contributed by atoms with Crippen LogP contribution in [0.3, 0.4) is 0 Å². The Morgan fingerprint density at radius 3 is 2.62 bits per heavy atom. The molecular weight excluding hydrogens is 484 g/mol. The van der Waals surface area contributed by atoms with E-state index in [0.717, 1.165) is 39.0 Å². The summed E-state index contributed by atoms with van der Waals surface area (Å²) in [6.07, 6.45) is 5.76. The number of amidine groups is 1. The fourth-order valence-corrected chi connectivity index (χ4v) is 5.47. The first-order valence-corrected chi connectivity index (χ1v) is 13.2. The normalized spacial score (nSPS) is 20.8. The van der Waals surface area contributed by atoms with Crippen LogP contribution in [0.4, 0.5) is 0 Å². The molecule has 1 saturated heterocycles. The van der Waals surface area contributed by atoms with Crippen LogP contribution in [0.25, 0.3) is 23.0 Å². The fraction of sp³-hybridized carbons (Fsp3) is 0.276. The molecule has 2 atom stereocenters. The van der Waals surface area contributed by atoms with Gasteiger partial charge in [0.2, 0.25) is 0 Å². The summed E-state index contributed by atoms with van der Waals surface area (Å²) in [6, 6.07) is 15.9. The summed E-state index contributed by atoms with van der Waals surface area (Å²) in [5, 5.41) is 5.64. The molecular formula is C29H30N4O3S. The van der Waals surface area contributed by atoms with Crippen molar-refractivity contribution in [2.75, 3.05) is 19.7 Å². The van der Waals surface area contributed by atoms with Crippen molar-refractivity contribution in [3.63, 3.8) is 0 Å². The van der Waals surface area contributed by atoms with E-state index in [-0.39, 0.29) is 18.1 Å². The molecule has 7 nitrogen and oxygen atoms in total. The number of aryl methyl sites for hydroxylation is 1. The van der Waals surface area contributed by atoms with Crippen molar-refractivity contribution in [3.8, 4) is 22.7 Å². The number of aliphatic imine (C=N–C) groups is 1. The molecule has 8 heteroatoms.